The normalized spacial score (nSPS) is 29.2. The third kappa shape index (κ3) is 3.35. The van der Waals surface area contributed by atoms with Crippen molar-refractivity contribution in [1.82, 2.24) is 10.2 Å². The first-order valence-corrected chi connectivity index (χ1v) is 6.48. The van der Waals surface area contributed by atoms with Gasteiger partial charge >= 0.3 is 0 Å². The lowest BCUT2D eigenvalue weighted by Crippen LogP contribution is -2.40. The van der Waals surface area contributed by atoms with Crippen LogP contribution in [-0.4, -0.2) is 37.0 Å². The van der Waals surface area contributed by atoms with Crippen LogP contribution in [0.3, 0.4) is 0 Å². The van der Waals surface area contributed by atoms with Gasteiger partial charge in [0.15, 0.2) is 0 Å². The van der Waals surface area contributed by atoms with Gasteiger partial charge in [-0.1, -0.05) is 20.8 Å². The first-order valence-electron chi connectivity index (χ1n) is 6.48. The highest BCUT2D eigenvalue weighted by Gasteiger charge is 2.34. The summed E-state index contributed by atoms with van der Waals surface area (Å²) in [5, 5.41) is 3.46. The first kappa shape index (κ1) is 14.8. The number of hydrogen-bond donors (Lipinski definition) is 1. The molecule has 4 heteroatoms. The molecule has 0 saturated carbocycles. The van der Waals surface area contributed by atoms with Gasteiger partial charge in [0.05, 0.1) is 0 Å². The van der Waals surface area contributed by atoms with Gasteiger partial charge in [0.2, 0.25) is 5.91 Å². The summed E-state index contributed by atoms with van der Waals surface area (Å²) < 4.78 is 0. The molecule has 0 spiro atoms. The van der Waals surface area contributed by atoms with Crippen molar-refractivity contribution in [2.24, 2.45) is 17.3 Å². The van der Waals surface area contributed by atoms with Crippen molar-refractivity contribution >= 4 is 18.3 Å². The van der Waals surface area contributed by atoms with Crippen LogP contribution in [0.4, 0.5) is 0 Å². The standard InChI is InChI=1S/C13H24N2O.ClH/c1-13(2,3)12(16)15-6-4-10-8-14-9-11(10)5-7-15;/h10-11,14H,4-9H2,1-3H3;1H/t10-,11+;. The molecule has 0 bridgehead atoms. The molecule has 3 nitrogen and oxygen atoms in total. The van der Waals surface area contributed by atoms with Crippen LogP contribution in [0.15, 0.2) is 0 Å². The molecule has 2 rings (SSSR count). The van der Waals surface area contributed by atoms with Crippen molar-refractivity contribution in [2.45, 2.75) is 33.6 Å². The molecule has 2 aliphatic heterocycles. The fraction of sp³-hybridized carbons (Fsp3) is 0.923. The molecule has 17 heavy (non-hydrogen) atoms. The van der Waals surface area contributed by atoms with E-state index in [4.69, 9.17) is 0 Å². The third-order valence-electron chi connectivity index (χ3n) is 3.95. The second-order valence-electron chi connectivity index (χ2n) is 6.30. The predicted molar refractivity (Wildman–Crippen MR) is 72.4 cm³/mol. The average Bonchev–Trinajstić information content (AvgIpc) is 2.55. The maximum absolute atomic E-state index is 12.2. The van der Waals surface area contributed by atoms with Gasteiger partial charge in [-0.15, -0.1) is 12.4 Å². The Labute approximate surface area is 111 Å². The highest BCUT2D eigenvalue weighted by Crippen LogP contribution is 2.29. The van der Waals surface area contributed by atoms with Gasteiger partial charge < -0.3 is 10.2 Å². The largest absolute Gasteiger partial charge is 0.342 e. The molecular weight excluding hydrogens is 236 g/mol. The molecule has 1 N–H and O–H groups in total. The van der Waals surface area contributed by atoms with Crippen molar-refractivity contribution in [3.8, 4) is 0 Å². The van der Waals surface area contributed by atoms with Crippen molar-refractivity contribution in [3.63, 3.8) is 0 Å². The minimum Gasteiger partial charge on any atom is -0.342 e. The molecule has 0 unspecified atom stereocenters. The van der Waals surface area contributed by atoms with E-state index in [2.05, 4.69) is 10.2 Å². The Bertz CT molecular complexity index is 261. The number of rotatable bonds is 0. The zero-order valence-corrected chi connectivity index (χ0v) is 12.0. The smallest absolute Gasteiger partial charge is 0.227 e. The van der Waals surface area contributed by atoms with Crippen molar-refractivity contribution in [1.29, 1.82) is 0 Å². The van der Waals surface area contributed by atoms with E-state index in [0.717, 1.165) is 38.0 Å². The molecule has 0 radical (unpaired) electrons. The number of hydrogen-bond acceptors (Lipinski definition) is 2. The summed E-state index contributed by atoms with van der Waals surface area (Å²) in [6.45, 7) is 10.3. The lowest BCUT2D eigenvalue weighted by atomic mass is 9.92. The number of likely N-dealkylation sites (tertiary alicyclic amines) is 1. The average molecular weight is 261 g/mol. The maximum atomic E-state index is 12.2. The third-order valence-corrected chi connectivity index (χ3v) is 3.95. The fourth-order valence-corrected chi connectivity index (χ4v) is 2.90. The van der Waals surface area contributed by atoms with E-state index in [0.29, 0.717) is 5.91 Å². The summed E-state index contributed by atoms with van der Waals surface area (Å²) >= 11 is 0. The van der Waals surface area contributed by atoms with Crippen LogP contribution in [0.5, 0.6) is 0 Å². The number of nitrogens with one attached hydrogen (secondary N) is 1. The molecule has 0 aromatic carbocycles. The molecule has 0 aromatic rings. The Kier molecular flexibility index (Phi) is 4.85. The molecule has 2 saturated heterocycles. The van der Waals surface area contributed by atoms with Gasteiger partial charge in [-0.2, -0.15) is 0 Å². The number of halogens is 1. The molecule has 2 aliphatic rings. The molecular formula is C13H25ClN2O. The molecule has 2 atom stereocenters. The highest BCUT2D eigenvalue weighted by atomic mass is 35.5. The topological polar surface area (TPSA) is 32.3 Å². The lowest BCUT2D eigenvalue weighted by Gasteiger charge is -2.28. The van der Waals surface area contributed by atoms with Crippen LogP contribution in [0.1, 0.15) is 33.6 Å². The number of carbonyl (C=O) groups excluding carboxylic acids is 1. The molecule has 1 amide bonds. The zero-order chi connectivity index (χ0) is 11.8. The Morgan fingerprint density at radius 1 is 1.12 bits per heavy atom. The molecule has 0 aromatic heterocycles. The summed E-state index contributed by atoms with van der Waals surface area (Å²) in [6.07, 6.45) is 2.36. The molecule has 2 heterocycles. The number of nitrogens with zero attached hydrogens (tertiary/aromatic N) is 1. The van der Waals surface area contributed by atoms with Gasteiger partial charge in [0.1, 0.15) is 0 Å². The van der Waals surface area contributed by atoms with E-state index in [9.17, 15) is 4.79 Å². The van der Waals surface area contributed by atoms with E-state index in [1.54, 1.807) is 0 Å². The Balaban J connectivity index is 0.00000144. The number of amides is 1. The van der Waals surface area contributed by atoms with E-state index in [1.807, 2.05) is 20.8 Å². The van der Waals surface area contributed by atoms with E-state index < -0.39 is 0 Å². The van der Waals surface area contributed by atoms with Gasteiger partial charge in [0.25, 0.3) is 0 Å². The Hall–Kier alpha value is -0.280. The van der Waals surface area contributed by atoms with E-state index in [1.165, 1.54) is 12.8 Å². The molecule has 2 fully saturated rings. The SMILES string of the molecule is CC(C)(C)C(=O)N1CC[C@@H]2CNC[C@@H]2CC1.Cl. The van der Waals surface area contributed by atoms with Crippen LogP contribution in [0.2, 0.25) is 0 Å². The highest BCUT2D eigenvalue weighted by molar-refractivity contribution is 5.85. The zero-order valence-electron chi connectivity index (χ0n) is 11.2. The van der Waals surface area contributed by atoms with Crippen LogP contribution in [-0.2, 0) is 4.79 Å². The Morgan fingerprint density at radius 3 is 2.00 bits per heavy atom. The second kappa shape index (κ2) is 5.57. The van der Waals surface area contributed by atoms with Crippen LogP contribution < -0.4 is 5.32 Å². The van der Waals surface area contributed by atoms with Gasteiger partial charge in [0, 0.05) is 18.5 Å². The predicted octanol–water partition coefficient (Wildman–Crippen LogP) is 1.91. The minimum absolute atomic E-state index is 0. The van der Waals surface area contributed by atoms with Crippen molar-refractivity contribution < 1.29 is 4.79 Å². The van der Waals surface area contributed by atoms with Crippen LogP contribution in [0.25, 0.3) is 0 Å². The minimum atomic E-state index is -0.225. The lowest BCUT2D eigenvalue weighted by molar-refractivity contribution is -0.139. The van der Waals surface area contributed by atoms with Gasteiger partial charge in [-0.25, -0.2) is 0 Å². The number of fused-ring (bicyclic) bond motifs is 1. The summed E-state index contributed by atoms with van der Waals surface area (Å²) in [4.78, 5) is 14.3. The maximum Gasteiger partial charge on any atom is 0.227 e. The summed E-state index contributed by atoms with van der Waals surface area (Å²) in [5.74, 6) is 1.93. The Morgan fingerprint density at radius 2 is 1.59 bits per heavy atom. The molecule has 100 valence electrons. The van der Waals surface area contributed by atoms with Gasteiger partial charge in [-0.3, -0.25) is 4.79 Å². The quantitative estimate of drug-likeness (QED) is 0.722. The van der Waals surface area contributed by atoms with Crippen molar-refractivity contribution in [3.05, 3.63) is 0 Å². The first-order chi connectivity index (χ1) is 7.48. The summed E-state index contributed by atoms with van der Waals surface area (Å²) in [5.41, 5.74) is -0.225. The van der Waals surface area contributed by atoms with E-state index in [-0.39, 0.29) is 17.8 Å². The summed E-state index contributed by atoms with van der Waals surface area (Å²) in [6, 6.07) is 0. The second-order valence-corrected chi connectivity index (χ2v) is 6.30. The van der Waals surface area contributed by atoms with Crippen LogP contribution >= 0.6 is 12.4 Å². The monoisotopic (exact) mass is 260 g/mol. The molecule has 0 aliphatic carbocycles. The number of carbonyl (C=O) groups is 1. The summed E-state index contributed by atoms with van der Waals surface area (Å²) in [7, 11) is 0. The van der Waals surface area contributed by atoms with Crippen molar-refractivity contribution in [2.75, 3.05) is 26.2 Å². The van der Waals surface area contributed by atoms with E-state index >= 15 is 0 Å². The van der Waals surface area contributed by atoms with Crippen LogP contribution in [0, 0.1) is 17.3 Å². The fourth-order valence-electron chi connectivity index (χ4n) is 2.90. The van der Waals surface area contributed by atoms with Gasteiger partial charge in [-0.05, 0) is 37.8 Å².